The first kappa shape index (κ1) is 49.8. The maximum absolute atomic E-state index is 17.5. The first-order valence-corrected chi connectivity index (χ1v) is 28.1. The van der Waals surface area contributed by atoms with Gasteiger partial charge < -0.3 is 24.0 Å². The van der Waals surface area contributed by atoms with Crippen molar-refractivity contribution in [2.75, 3.05) is 57.5 Å². The van der Waals surface area contributed by atoms with Crippen molar-refractivity contribution in [3.63, 3.8) is 0 Å². The number of piperidine rings is 2. The number of imide groups is 1. The van der Waals surface area contributed by atoms with Gasteiger partial charge in [0.05, 0.1) is 52.0 Å². The van der Waals surface area contributed by atoms with Gasteiger partial charge in [-0.3, -0.25) is 24.5 Å². The molecule has 3 aromatic heterocycles. The predicted octanol–water partition coefficient (Wildman–Crippen LogP) is 9.25. The number of nitrogens with one attached hydrogen (secondary N) is 1. The zero-order valence-corrected chi connectivity index (χ0v) is 43.7. The van der Waals surface area contributed by atoms with Crippen LogP contribution in [0.25, 0.3) is 43.8 Å². The molecule has 0 radical (unpaired) electrons. The molecule has 400 valence electrons. The Balaban J connectivity index is 0.649. The van der Waals surface area contributed by atoms with Gasteiger partial charge in [0.15, 0.2) is 5.82 Å². The fourth-order valence-electron chi connectivity index (χ4n) is 14.7. The van der Waals surface area contributed by atoms with E-state index in [1.807, 2.05) is 22.7 Å². The van der Waals surface area contributed by atoms with Crippen LogP contribution in [0.5, 0.6) is 6.01 Å². The number of pyridine rings is 1. The van der Waals surface area contributed by atoms with Gasteiger partial charge in [-0.25, -0.2) is 18.6 Å². The van der Waals surface area contributed by atoms with Gasteiger partial charge in [0.25, 0.3) is 0 Å². The lowest BCUT2D eigenvalue weighted by molar-refractivity contribution is -0.134. The summed E-state index contributed by atoms with van der Waals surface area (Å²) in [4.78, 5) is 59.6. The lowest BCUT2D eigenvalue weighted by Crippen LogP contribution is -2.48. The van der Waals surface area contributed by atoms with E-state index in [4.69, 9.17) is 40.7 Å². The maximum Gasteiger partial charge on any atom is 0.409 e. The molecule has 9 heterocycles. The normalized spacial score (nSPS) is 26.1. The van der Waals surface area contributed by atoms with Crippen molar-refractivity contribution in [1.29, 1.82) is 0 Å². The Bertz CT molecular complexity index is 3380. The SMILES string of the molecule is C#Cc1c(F)ccc2cccc(-c3nc4c5c(nc(OC[C@@]67CCCN6[C@H](COC(=O)N6CCC(C8CCC(c9ccc%10c(C%11CCC(=O)NC%11=O)nn(C)c%10c9)CC8)CC6)CC7)nc5c3F)N3CCCOC[C@@H]3CC4)c12. The van der Waals surface area contributed by atoms with Crippen LogP contribution in [-0.2, 0) is 32.5 Å². The summed E-state index contributed by atoms with van der Waals surface area (Å²) >= 11 is 0. The first-order chi connectivity index (χ1) is 37.5. The second-order valence-corrected chi connectivity index (χ2v) is 22.9. The van der Waals surface area contributed by atoms with E-state index in [0.717, 1.165) is 100 Å². The number of hydrogen-bond donors (Lipinski definition) is 1. The van der Waals surface area contributed by atoms with Gasteiger partial charge in [-0.1, -0.05) is 42.3 Å². The van der Waals surface area contributed by atoms with Crippen LogP contribution < -0.4 is 15.0 Å². The summed E-state index contributed by atoms with van der Waals surface area (Å²) in [6.45, 7) is 4.69. The lowest BCUT2D eigenvalue weighted by Gasteiger charge is -2.39. The Labute approximate surface area is 446 Å². The highest BCUT2D eigenvalue weighted by Crippen LogP contribution is 2.46. The van der Waals surface area contributed by atoms with E-state index in [9.17, 15) is 14.4 Å². The molecule has 1 aliphatic carbocycles. The van der Waals surface area contributed by atoms with Crippen molar-refractivity contribution in [2.24, 2.45) is 18.9 Å². The molecule has 1 N–H and O–H groups in total. The number of aryl methyl sites for hydroxylation is 2. The molecule has 3 amide bonds. The van der Waals surface area contributed by atoms with E-state index in [-0.39, 0.29) is 58.3 Å². The molecular formula is C60H65F2N9O6. The largest absolute Gasteiger partial charge is 0.461 e. The number of fused-ring (bicyclic) bond motifs is 5. The molecule has 7 aliphatic rings. The molecule has 3 aromatic carbocycles. The molecule has 6 aliphatic heterocycles. The number of hydrogen-bond acceptors (Lipinski definition) is 12. The summed E-state index contributed by atoms with van der Waals surface area (Å²) in [7, 11) is 1.93. The molecule has 0 spiro atoms. The number of anilines is 1. The number of carbonyl (C=O) groups is 3. The number of nitrogens with zero attached hydrogens (tertiary/aromatic N) is 8. The molecular weight excluding hydrogens is 981 g/mol. The van der Waals surface area contributed by atoms with E-state index in [1.54, 1.807) is 18.2 Å². The summed E-state index contributed by atoms with van der Waals surface area (Å²) in [6.07, 6.45) is 18.6. The minimum atomic E-state index is -0.640. The van der Waals surface area contributed by atoms with Crippen LogP contribution >= 0.6 is 0 Å². The number of ether oxygens (including phenoxy) is 3. The molecule has 13 rings (SSSR count). The van der Waals surface area contributed by atoms with Crippen LogP contribution in [0.3, 0.4) is 0 Å². The highest BCUT2D eigenvalue weighted by atomic mass is 19.1. The molecule has 6 fully saturated rings. The number of carbonyl (C=O) groups excluding carboxylic acids is 3. The maximum atomic E-state index is 17.5. The van der Waals surface area contributed by atoms with Gasteiger partial charge in [-0.2, -0.15) is 15.1 Å². The third-order valence-corrected chi connectivity index (χ3v) is 18.7. The molecule has 4 atom stereocenters. The number of terminal acetylenes is 1. The van der Waals surface area contributed by atoms with E-state index in [1.165, 1.54) is 11.6 Å². The molecule has 1 saturated carbocycles. The van der Waals surface area contributed by atoms with Crippen molar-refractivity contribution >= 4 is 56.3 Å². The summed E-state index contributed by atoms with van der Waals surface area (Å²) in [5, 5.41) is 9.88. The molecule has 0 bridgehead atoms. The third kappa shape index (κ3) is 8.93. The predicted molar refractivity (Wildman–Crippen MR) is 286 cm³/mol. The molecule has 17 heteroatoms. The Hall–Kier alpha value is -6.77. The van der Waals surface area contributed by atoms with E-state index < -0.39 is 17.6 Å². The Morgan fingerprint density at radius 1 is 0.896 bits per heavy atom. The lowest BCUT2D eigenvalue weighted by atomic mass is 9.71. The van der Waals surface area contributed by atoms with Crippen LogP contribution in [0.2, 0.25) is 0 Å². The van der Waals surface area contributed by atoms with Crippen molar-refractivity contribution < 1.29 is 37.4 Å². The van der Waals surface area contributed by atoms with Gasteiger partial charge in [0, 0.05) is 62.1 Å². The number of rotatable bonds is 9. The summed E-state index contributed by atoms with van der Waals surface area (Å²) in [5.41, 5.74) is 4.07. The average Bonchev–Trinajstić information content (AvgIpc) is 4.12. The van der Waals surface area contributed by atoms with Crippen molar-refractivity contribution in [3.8, 4) is 29.6 Å². The summed E-state index contributed by atoms with van der Waals surface area (Å²) in [6, 6.07) is 15.1. The minimum Gasteiger partial charge on any atom is -0.461 e. The summed E-state index contributed by atoms with van der Waals surface area (Å²) in [5.74, 6) is 2.68. The number of benzene rings is 3. The monoisotopic (exact) mass is 1050 g/mol. The zero-order chi connectivity index (χ0) is 52.5. The van der Waals surface area contributed by atoms with Gasteiger partial charge in [0.2, 0.25) is 11.8 Å². The molecule has 15 nitrogen and oxygen atoms in total. The standard InChI is InChI=1S/C60H65F2N9O6/c1-3-42-46(61)18-14-38-7-4-8-44(50(38)42)54-52(62)55-51-47(63-54)19-15-40-32-75-30-6-26-70(40)56(51)66-58(65-55)77-34-60-24-5-27-71(60)41(21-25-60)33-76-59(74)69-28-22-37(23-29-69)35-9-11-36(12-10-35)39-13-16-43-48(31-39)68(2)67-53(43)45-17-20-49(72)64-57(45)73/h1,4,7-8,13-14,16,18,31,35-37,40-41,45H,5-6,9-12,15,17,19-30,32-34H2,2H3,(H,64,72,73)/t35?,36?,40-,41-,45?,60-/m0/s1. The Morgan fingerprint density at radius 2 is 1.74 bits per heavy atom. The first-order valence-electron chi connectivity index (χ1n) is 28.1. The third-order valence-electron chi connectivity index (χ3n) is 18.7. The fraction of sp³-hybridized carbons (Fsp3) is 0.517. The number of halogens is 2. The molecule has 6 aromatic rings. The van der Waals surface area contributed by atoms with E-state index in [2.05, 4.69) is 39.2 Å². The van der Waals surface area contributed by atoms with Gasteiger partial charge in [-0.05, 0) is 137 Å². The second-order valence-electron chi connectivity index (χ2n) is 22.9. The molecule has 5 saturated heterocycles. The Morgan fingerprint density at radius 3 is 2.57 bits per heavy atom. The van der Waals surface area contributed by atoms with Gasteiger partial charge in [-0.15, -0.1) is 6.42 Å². The van der Waals surface area contributed by atoms with Crippen LogP contribution in [0.15, 0.2) is 48.5 Å². The zero-order valence-electron chi connectivity index (χ0n) is 43.7. The second kappa shape index (κ2) is 20.2. The van der Waals surface area contributed by atoms with Crippen LogP contribution in [-0.4, -0.2) is 123 Å². The highest BCUT2D eigenvalue weighted by Gasteiger charge is 2.50. The number of aromatic nitrogens is 5. The molecule has 1 unspecified atom stereocenters. The van der Waals surface area contributed by atoms with Crippen LogP contribution in [0.4, 0.5) is 19.4 Å². The number of amides is 3. The fourth-order valence-corrected chi connectivity index (χ4v) is 14.7. The van der Waals surface area contributed by atoms with Crippen molar-refractivity contribution in [1.82, 2.24) is 39.8 Å². The van der Waals surface area contributed by atoms with E-state index in [0.29, 0.717) is 116 Å². The van der Waals surface area contributed by atoms with Crippen LogP contribution in [0.1, 0.15) is 124 Å². The quantitative estimate of drug-likeness (QED) is 0.108. The van der Waals surface area contributed by atoms with E-state index >= 15 is 8.78 Å². The van der Waals surface area contributed by atoms with Crippen molar-refractivity contribution in [2.45, 2.75) is 126 Å². The summed E-state index contributed by atoms with van der Waals surface area (Å²) < 4.78 is 53.4. The van der Waals surface area contributed by atoms with Gasteiger partial charge >= 0.3 is 12.1 Å². The van der Waals surface area contributed by atoms with Crippen LogP contribution in [0, 0.1) is 35.8 Å². The van der Waals surface area contributed by atoms with Gasteiger partial charge in [0.1, 0.15) is 36.1 Å². The molecule has 77 heavy (non-hydrogen) atoms. The average molecular weight is 1050 g/mol. The Kier molecular flexibility index (Phi) is 13.1. The highest BCUT2D eigenvalue weighted by molar-refractivity contribution is 6.04. The minimum absolute atomic E-state index is 0.00281. The smallest absolute Gasteiger partial charge is 0.409 e. The topological polar surface area (TPSA) is 157 Å². The van der Waals surface area contributed by atoms with Crippen molar-refractivity contribution in [3.05, 3.63) is 82.7 Å². The number of likely N-dealkylation sites (tertiary alicyclic amines) is 1.